The van der Waals surface area contributed by atoms with Crippen LogP contribution >= 0.6 is 8.86 Å². The van der Waals surface area contributed by atoms with Crippen LogP contribution in [0.25, 0.3) is 0 Å². The molecule has 0 bridgehead atoms. The number of amides is 2. The van der Waals surface area contributed by atoms with E-state index in [2.05, 4.69) is 8.86 Å². The lowest BCUT2D eigenvalue weighted by atomic mass is 10.0. The standard InChI is InChI=1S/C13H15N2O3P/c1-6(2)10(11(14)17)15-12(18)8-4-3-7(16)5-9(8)13(15)19/h3-6,10,16,19H,1-2H3,(H2,14,17). The maximum absolute atomic E-state index is 12.4. The van der Waals surface area contributed by atoms with E-state index in [1.165, 1.54) is 23.1 Å². The van der Waals surface area contributed by atoms with Crippen molar-refractivity contribution in [3.05, 3.63) is 29.3 Å². The van der Waals surface area contributed by atoms with E-state index in [1.807, 2.05) is 13.8 Å². The molecule has 2 amide bonds. The lowest BCUT2D eigenvalue weighted by Gasteiger charge is -2.28. The Labute approximate surface area is 113 Å². The fourth-order valence-electron chi connectivity index (χ4n) is 2.30. The predicted octanol–water partition coefficient (Wildman–Crippen LogP) is 0.979. The molecular weight excluding hydrogens is 263 g/mol. The van der Waals surface area contributed by atoms with Crippen LogP contribution in [0.1, 0.15) is 29.8 Å². The van der Waals surface area contributed by atoms with Gasteiger partial charge in [0.25, 0.3) is 5.91 Å². The second-order valence-electron chi connectivity index (χ2n) is 4.84. The van der Waals surface area contributed by atoms with Gasteiger partial charge in [0.2, 0.25) is 5.91 Å². The summed E-state index contributed by atoms with van der Waals surface area (Å²) in [7, 11) is 3.38. The topological polar surface area (TPSA) is 83.6 Å². The molecule has 0 saturated carbocycles. The van der Waals surface area contributed by atoms with Gasteiger partial charge >= 0.3 is 0 Å². The summed E-state index contributed by atoms with van der Waals surface area (Å²) >= 11 is 0. The molecule has 6 heteroatoms. The molecule has 1 unspecified atom stereocenters. The molecule has 1 atom stereocenters. The average molecular weight is 278 g/mol. The van der Waals surface area contributed by atoms with Gasteiger partial charge in [-0.2, -0.15) is 0 Å². The number of phenols is 1. The minimum absolute atomic E-state index is 0.0596. The van der Waals surface area contributed by atoms with Crippen LogP contribution in [0.3, 0.4) is 0 Å². The monoisotopic (exact) mass is 278 g/mol. The van der Waals surface area contributed by atoms with E-state index in [-0.39, 0.29) is 17.6 Å². The van der Waals surface area contributed by atoms with Crippen molar-refractivity contribution in [2.75, 3.05) is 0 Å². The van der Waals surface area contributed by atoms with Gasteiger partial charge in [0, 0.05) is 11.1 Å². The van der Waals surface area contributed by atoms with Gasteiger partial charge in [-0.05, 0) is 24.1 Å². The second-order valence-corrected chi connectivity index (χ2v) is 5.32. The van der Waals surface area contributed by atoms with Crippen LogP contribution in [-0.2, 0) is 4.79 Å². The van der Waals surface area contributed by atoms with Crippen LogP contribution in [0.15, 0.2) is 18.2 Å². The number of carbonyl (C=O) groups is 2. The largest absolute Gasteiger partial charge is 0.508 e. The van der Waals surface area contributed by atoms with Crippen molar-refractivity contribution in [1.82, 2.24) is 4.90 Å². The Morgan fingerprint density at radius 3 is 2.53 bits per heavy atom. The number of nitrogens with two attached hydrogens (primary N) is 1. The van der Waals surface area contributed by atoms with Crippen LogP contribution in [0.4, 0.5) is 0 Å². The molecule has 1 heterocycles. The number of aromatic hydroxyl groups is 1. The van der Waals surface area contributed by atoms with Crippen molar-refractivity contribution < 1.29 is 14.7 Å². The normalized spacial score (nSPS) is 15.8. The number of nitrogens with zero attached hydrogens (tertiary/aromatic N) is 1. The number of hydrogen-bond donors (Lipinski definition) is 2. The summed E-state index contributed by atoms with van der Waals surface area (Å²) in [6.45, 7) is 3.64. The zero-order valence-corrected chi connectivity index (χ0v) is 11.7. The first kappa shape index (κ1) is 13.6. The molecule has 3 N–H and O–H groups in total. The van der Waals surface area contributed by atoms with E-state index in [1.54, 1.807) is 0 Å². The van der Waals surface area contributed by atoms with Gasteiger partial charge in [0.05, 0.1) is 5.42 Å². The zero-order valence-electron chi connectivity index (χ0n) is 10.7. The molecule has 2 rings (SSSR count). The number of benzene rings is 1. The van der Waals surface area contributed by atoms with Gasteiger partial charge in [0.1, 0.15) is 11.8 Å². The van der Waals surface area contributed by atoms with E-state index < -0.39 is 11.9 Å². The first-order valence-electron chi connectivity index (χ1n) is 5.89. The molecular formula is C13H15N2O3P. The van der Waals surface area contributed by atoms with Gasteiger partial charge in [0.15, 0.2) is 0 Å². The zero-order chi connectivity index (χ0) is 14.3. The van der Waals surface area contributed by atoms with Crippen LogP contribution in [0.5, 0.6) is 5.75 Å². The molecule has 0 saturated heterocycles. The number of carbonyl (C=O) groups excluding carboxylic acids is 2. The minimum atomic E-state index is -0.727. The SMILES string of the molecule is CC(C)C(C(N)=O)N1C(=O)c2ccc(O)cc2C1=P. The molecule has 1 aliphatic rings. The molecule has 1 aromatic carbocycles. The van der Waals surface area contributed by atoms with E-state index in [0.29, 0.717) is 16.5 Å². The maximum atomic E-state index is 12.4. The number of primary amides is 1. The first-order valence-corrected chi connectivity index (χ1v) is 6.39. The molecule has 0 aromatic heterocycles. The number of phenolic OH excluding ortho intramolecular Hbond substituents is 1. The Morgan fingerprint density at radius 2 is 2.00 bits per heavy atom. The number of rotatable bonds is 3. The highest BCUT2D eigenvalue weighted by molar-refractivity contribution is 7.22. The summed E-state index contributed by atoms with van der Waals surface area (Å²) in [5, 5.41) is 9.49. The first-order chi connectivity index (χ1) is 8.84. The molecule has 5 nitrogen and oxygen atoms in total. The van der Waals surface area contributed by atoms with Crippen molar-refractivity contribution in [3.63, 3.8) is 0 Å². The van der Waals surface area contributed by atoms with Crippen molar-refractivity contribution in [2.45, 2.75) is 19.9 Å². The highest BCUT2D eigenvalue weighted by Gasteiger charge is 2.40. The van der Waals surface area contributed by atoms with E-state index >= 15 is 0 Å². The lowest BCUT2D eigenvalue weighted by Crippen LogP contribution is -2.50. The van der Waals surface area contributed by atoms with E-state index in [9.17, 15) is 14.7 Å². The highest BCUT2D eigenvalue weighted by Crippen LogP contribution is 2.30. The third-order valence-corrected chi connectivity index (χ3v) is 3.66. The summed E-state index contributed by atoms with van der Waals surface area (Å²) in [4.78, 5) is 25.3. The van der Waals surface area contributed by atoms with E-state index in [4.69, 9.17) is 5.73 Å². The fourth-order valence-corrected chi connectivity index (χ4v) is 2.74. The molecule has 0 aliphatic carbocycles. The highest BCUT2D eigenvalue weighted by atomic mass is 31.0. The van der Waals surface area contributed by atoms with Crippen molar-refractivity contribution >= 4 is 26.1 Å². The molecule has 0 spiro atoms. The molecule has 0 fully saturated rings. The Bertz CT molecular complexity index is 583. The van der Waals surface area contributed by atoms with Crippen LogP contribution in [-0.4, -0.2) is 33.3 Å². The Hall–Kier alpha value is -1.87. The van der Waals surface area contributed by atoms with Crippen LogP contribution < -0.4 is 5.73 Å². The van der Waals surface area contributed by atoms with E-state index in [0.717, 1.165) is 0 Å². The van der Waals surface area contributed by atoms with Crippen molar-refractivity contribution in [2.24, 2.45) is 11.7 Å². The molecule has 19 heavy (non-hydrogen) atoms. The van der Waals surface area contributed by atoms with Crippen molar-refractivity contribution in [1.29, 1.82) is 0 Å². The van der Waals surface area contributed by atoms with Gasteiger partial charge in [-0.1, -0.05) is 22.7 Å². The smallest absolute Gasteiger partial charge is 0.260 e. The van der Waals surface area contributed by atoms with Crippen LogP contribution in [0, 0.1) is 5.92 Å². The molecule has 100 valence electrons. The Kier molecular flexibility index (Phi) is 3.33. The fraction of sp³-hybridized carbons (Fsp3) is 0.308. The number of hydrogen-bond acceptors (Lipinski definition) is 3. The summed E-state index contributed by atoms with van der Waals surface area (Å²) in [5.74, 6) is -0.909. The maximum Gasteiger partial charge on any atom is 0.260 e. The quantitative estimate of drug-likeness (QED) is 0.808. The molecule has 0 radical (unpaired) electrons. The summed E-state index contributed by atoms with van der Waals surface area (Å²) < 4.78 is 0. The molecule has 1 aromatic rings. The Morgan fingerprint density at radius 1 is 1.37 bits per heavy atom. The van der Waals surface area contributed by atoms with Crippen LogP contribution in [0.2, 0.25) is 0 Å². The Balaban J connectivity index is 2.50. The third kappa shape index (κ3) is 2.10. The third-order valence-electron chi connectivity index (χ3n) is 3.15. The van der Waals surface area contributed by atoms with Gasteiger partial charge < -0.3 is 10.8 Å². The lowest BCUT2D eigenvalue weighted by molar-refractivity contribution is -0.122. The van der Waals surface area contributed by atoms with Gasteiger partial charge in [-0.25, -0.2) is 0 Å². The summed E-state index contributed by atoms with van der Waals surface area (Å²) in [6.07, 6.45) is 0. The summed E-state index contributed by atoms with van der Waals surface area (Å²) in [5.41, 5.74) is 6.84. The van der Waals surface area contributed by atoms with Gasteiger partial charge in [-0.15, -0.1) is 0 Å². The minimum Gasteiger partial charge on any atom is -0.508 e. The number of fused-ring (bicyclic) bond motifs is 1. The predicted molar refractivity (Wildman–Crippen MR) is 74.5 cm³/mol. The van der Waals surface area contributed by atoms with Crippen molar-refractivity contribution in [3.8, 4) is 5.75 Å². The molecule has 1 aliphatic heterocycles. The van der Waals surface area contributed by atoms with Gasteiger partial charge in [-0.3, -0.25) is 14.5 Å². The second kappa shape index (κ2) is 4.67. The average Bonchev–Trinajstić information content (AvgIpc) is 2.53. The summed E-state index contributed by atoms with van der Waals surface area (Å²) in [6, 6.07) is 3.72.